The quantitative estimate of drug-likeness (QED) is 0.787. The molecule has 7 heteroatoms. The lowest BCUT2D eigenvalue weighted by Gasteiger charge is -2.28. The highest BCUT2D eigenvalue weighted by molar-refractivity contribution is 5.82. The standard InChI is InChI=1S/C13H16N4O3/c18-13(15-20)11-2-1-5-17(11)10-4-7-16-6-3-9(8-14-19)12(10)16/h3,6,10-11H,1-2,4-5,7-8H2. The average molecular weight is 276 g/mol. The topological polar surface area (TPSA) is 84.1 Å². The Labute approximate surface area is 115 Å². The van der Waals surface area contributed by atoms with Crippen LogP contribution in [0, 0.1) is 9.81 Å². The van der Waals surface area contributed by atoms with Gasteiger partial charge < -0.3 is 4.57 Å². The molecule has 7 nitrogen and oxygen atoms in total. The minimum atomic E-state index is -0.581. The Morgan fingerprint density at radius 3 is 2.90 bits per heavy atom. The zero-order valence-corrected chi connectivity index (χ0v) is 11.1. The first kappa shape index (κ1) is 13.1. The summed E-state index contributed by atoms with van der Waals surface area (Å²) in [6, 6.07) is 1.59. The van der Waals surface area contributed by atoms with Gasteiger partial charge in [0.25, 0.3) is 0 Å². The highest BCUT2D eigenvalue weighted by Gasteiger charge is 2.40. The molecule has 0 N–H and O–H groups in total. The molecule has 1 saturated heterocycles. The first-order valence-electron chi connectivity index (χ1n) is 6.86. The maximum absolute atomic E-state index is 11.6. The van der Waals surface area contributed by atoms with Crippen LogP contribution in [0.15, 0.2) is 22.6 Å². The number of aryl methyl sites for hydroxylation is 1. The summed E-state index contributed by atoms with van der Waals surface area (Å²) >= 11 is 0. The molecule has 3 rings (SSSR count). The van der Waals surface area contributed by atoms with Gasteiger partial charge >= 0.3 is 5.91 Å². The monoisotopic (exact) mass is 276 g/mol. The van der Waals surface area contributed by atoms with Gasteiger partial charge in [-0.25, -0.2) is 0 Å². The predicted molar refractivity (Wildman–Crippen MR) is 71.8 cm³/mol. The van der Waals surface area contributed by atoms with Crippen LogP contribution in [-0.4, -0.2) is 28.0 Å². The van der Waals surface area contributed by atoms with Gasteiger partial charge in [0.05, 0.1) is 12.1 Å². The third-order valence-electron chi connectivity index (χ3n) is 4.36. The van der Waals surface area contributed by atoms with Crippen molar-refractivity contribution in [3.8, 4) is 0 Å². The zero-order chi connectivity index (χ0) is 14.1. The molecule has 0 spiro atoms. The number of hydrogen-bond acceptors (Lipinski definition) is 5. The number of likely N-dealkylation sites (tertiary alicyclic amines) is 1. The molecule has 1 fully saturated rings. The van der Waals surface area contributed by atoms with Crippen molar-refractivity contribution < 1.29 is 4.79 Å². The molecule has 1 amide bonds. The van der Waals surface area contributed by atoms with Crippen molar-refractivity contribution in [1.82, 2.24) is 9.47 Å². The van der Waals surface area contributed by atoms with Crippen molar-refractivity contribution in [1.29, 1.82) is 0 Å². The van der Waals surface area contributed by atoms with Crippen molar-refractivity contribution >= 4 is 5.91 Å². The summed E-state index contributed by atoms with van der Waals surface area (Å²) < 4.78 is 2.11. The van der Waals surface area contributed by atoms with Gasteiger partial charge in [0.2, 0.25) is 0 Å². The molecule has 106 valence electrons. The van der Waals surface area contributed by atoms with Crippen LogP contribution in [0.5, 0.6) is 0 Å². The number of nitrogens with zero attached hydrogens (tertiary/aromatic N) is 4. The molecule has 0 aromatic carbocycles. The molecule has 2 atom stereocenters. The normalized spacial score (nSPS) is 25.6. The molecule has 2 aliphatic rings. The molecule has 0 bridgehead atoms. The van der Waals surface area contributed by atoms with E-state index in [4.69, 9.17) is 0 Å². The number of hydrogen-bond donors (Lipinski definition) is 0. The highest BCUT2D eigenvalue weighted by Crippen LogP contribution is 2.39. The Hall–Kier alpha value is -1.89. The van der Waals surface area contributed by atoms with Gasteiger partial charge in [-0.1, -0.05) is 5.18 Å². The van der Waals surface area contributed by atoms with E-state index < -0.39 is 11.9 Å². The molecule has 0 saturated carbocycles. The molecule has 0 radical (unpaired) electrons. The molecule has 2 aliphatic heterocycles. The molecular formula is C13H16N4O3. The highest BCUT2D eigenvalue weighted by atomic mass is 16.3. The Kier molecular flexibility index (Phi) is 3.43. The smallest absolute Gasteiger partial charge is 0.303 e. The van der Waals surface area contributed by atoms with Crippen molar-refractivity contribution in [2.45, 2.75) is 44.4 Å². The van der Waals surface area contributed by atoms with Crippen LogP contribution in [0.25, 0.3) is 0 Å². The van der Waals surface area contributed by atoms with Gasteiger partial charge in [-0.3, -0.25) is 9.69 Å². The second-order valence-corrected chi connectivity index (χ2v) is 5.34. The number of carbonyl (C=O) groups is 1. The lowest BCUT2D eigenvalue weighted by molar-refractivity contribution is -0.122. The van der Waals surface area contributed by atoms with Gasteiger partial charge in [-0.2, -0.15) is 4.91 Å². The summed E-state index contributed by atoms with van der Waals surface area (Å²) in [5.74, 6) is -0.581. The van der Waals surface area contributed by atoms with Crippen molar-refractivity contribution in [2.24, 2.45) is 10.4 Å². The number of amides is 1. The molecule has 1 aromatic heterocycles. The van der Waals surface area contributed by atoms with Gasteiger partial charge in [0.1, 0.15) is 6.54 Å². The second-order valence-electron chi connectivity index (χ2n) is 5.34. The summed E-state index contributed by atoms with van der Waals surface area (Å²) in [5, 5.41) is 5.56. The van der Waals surface area contributed by atoms with E-state index in [1.807, 2.05) is 12.3 Å². The third-order valence-corrected chi connectivity index (χ3v) is 4.36. The lowest BCUT2D eigenvalue weighted by Crippen LogP contribution is -2.37. The summed E-state index contributed by atoms with van der Waals surface area (Å²) in [5.41, 5.74) is 1.98. The van der Waals surface area contributed by atoms with Crippen molar-refractivity contribution in [3.63, 3.8) is 0 Å². The number of carbonyl (C=O) groups excluding carboxylic acids is 1. The molecule has 0 aliphatic carbocycles. The lowest BCUT2D eigenvalue weighted by atomic mass is 10.1. The summed E-state index contributed by atoms with van der Waals surface area (Å²) in [7, 11) is 0. The number of aromatic nitrogens is 1. The summed E-state index contributed by atoms with van der Waals surface area (Å²) in [4.78, 5) is 34.8. The van der Waals surface area contributed by atoms with Crippen molar-refractivity contribution in [2.75, 3.05) is 6.54 Å². The molecule has 20 heavy (non-hydrogen) atoms. The molecule has 2 unspecified atom stereocenters. The Balaban J connectivity index is 1.90. The maximum atomic E-state index is 11.6. The minimum Gasteiger partial charge on any atom is -0.350 e. The van der Waals surface area contributed by atoms with E-state index in [1.54, 1.807) is 0 Å². The van der Waals surface area contributed by atoms with Crippen LogP contribution in [-0.2, 0) is 17.9 Å². The fourth-order valence-corrected chi connectivity index (χ4v) is 3.54. The van der Waals surface area contributed by atoms with Crippen LogP contribution < -0.4 is 0 Å². The van der Waals surface area contributed by atoms with Crippen LogP contribution in [0.3, 0.4) is 0 Å². The van der Waals surface area contributed by atoms with Gasteiger partial charge in [-0.05, 0) is 37.4 Å². The van der Waals surface area contributed by atoms with E-state index >= 15 is 0 Å². The zero-order valence-electron chi connectivity index (χ0n) is 11.1. The Morgan fingerprint density at radius 1 is 1.30 bits per heavy atom. The Morgan fingerprint density at radius 2 is 2.15 bits per heavy atom. The SMILES string of the molecule is O=NCc1ccn2c1C(N1CCCC1C(=O)N=O)CC2. The predicted octanol–water partition coefficient (Wildman–Crippen LogP) is 1.96. The number of nitroso groups, excluding NO2 is 2. The van der Waals surface area contributed by atoms with E-state index in [0.717, 1.165) is 37.2 Å². The van der Waals surface area contributed by atoms with Gasteiger partial charge in [-0.15, -0.1) is 4.91 Å². The van der Waals surface area contributed by atoms with E-state index in [9.17, 15) is 14.6 Å². The summed E-state index contributed by atoms with van der Waals surface area (Å²) in [6.45, 7) is 1.80. The minimum absolute atomic E-state index is 0.0833. The first-order valence-corrected chi connectivity index (χ1v) is 6.86. The fraction of sp³-hybridized carbons (Fsp3) is 0.615. The summed E-state index contributed by atoms with van der Waals surface area (Å²) in [6.07, 6.45) is 4.43. The van der Waals surface area contributed by atoms with Crippen molar-refractivity contribution in [3.05, 3.63) is 33.3 Å². The average Bonchev–Trinajstić information content (AvgIpc) is 3.14. The number of rotatable bonds is 4. The van der Waals surface area contributed by atoms with E-state index in [-0.39, 0.29) is 12.6 Å². The fourth-order valence-electron chi connectivity index (χ4n) is 3.54. The third kappa shape index (κ3) is 1.98. The number of fused-ring (bicyclic) bond motifs is 1. The molecule has 3 heterocycles. The second kappa shape index (κ2) is 5.24. The van der Waals surface area contributed by atoms with Crippen LogP contribution in [0.4, 0.5) is 0 Å². The maximum Gasteiger partial charge on any atom is 0.303 e. The molecular weight excluding hydrogens is 260 g/mol. The van der Waals surface area contributed by atoms with E-state index in [2.05, 4.69) is 19.8 Å². The first-order chi connectivity index (χ1) is 9.76. The van der Waals surface area contributed by atoms with E-state index in [0.29, 0.717) is 6.42 Å². The van der Waals surface area contributed by atoms with Crippen LogP contribution in [0.1, 0.15) is 36.6 Å². The Bertz CT molecular complexity index is 554. The van der Waals surface area contributed by atoms with E-state index in [1.165, 1.54) is 0 Å². The molecule has 1 aromatic rings. The largest absolute Gasteiger partial charge is 0.350 e. The van der Waals surface area contributed by atoms with Crippen LogP contribution in [0.2, 0.25) is 0 Å². The van der Waals surface area contributed by atoms with Gasteiger partial charge in [0.15, 0.2) is 0 Å². The van der Waals surface area contributed by atoms with Gasteiger partial charge in [0, 0.05) is 23.6 Å². The van der Waals surface area contributed by atoms with Crippen LogP contribution >= 0.6 is 0 Å².